The van der Waals surface area contributed by atoms with Crippen LogP contribution in [0.4, 0.5) is 0 Å². The van der Waals surface area contributed by atoms with Crippen molar-refractivity contribution in [2.75, 3.05) is 7.05 Å². The Labute approximate surface area is 75.6 Å². The van der Waals surface area contributed by atoms with Crippen LogP contribution in [0.5, 0.6) is 0 Å². The minimum atomic E-state index is -0.0557. The first-order chi connectivity index (χ1) is 5.41. The zero-order valence-corrected chi connectivity index (χ0v) is 8.67. The summed E-state index contributed by atoms with van der Waals surface area (Å²) in [6.45, 7) is 6.66. The van der Waals surface area contributed by atoms with Crippen LogP contribution in [0.2, 0.25) is 0 Å². The minimum Gasteiger partial charge on any atom is -0.393 e. The Morgan fingerprint density at radius 2 is 1.83 bits per heavy atom. The molecule has 1 rings (SSSR count). The summed E-state index contributed by atoms with van der Waals surface area (Å²) in [7, 11) is 2.16. The average molecular weight is 171 g/mol. The van der Waals surface area contributed by atoms with Gasteiger partial charge in [0.15, 0.2) is 0 Å². The summed E-state index contributed by atoms with van der Waals surface area (Å²) < 4.78 is 0. The first-order valence-corrected chi connectivity index (χ1v) is 4.82. The first-order valence-electron chi connectivity index (χ1n) is 4.82. The molecule has 2 heteroatoms. The molecule has 0 heterocycles. The fourth-order valence-electron chi connectivity index (χ4n) is 1.83. The third-order valence-corrected chi connectivity index (χ3v) is 2.98. The summed E-state index contributed by atoms with van der Waals surface area (Å²) in [4.78, 5) is 2.38. The molecule has 1 aliphatic rings. The Balaban J connectivity index is 2.48. The number of nitrogens with zero attached hydrogens (tertiary/aromatic N) is 1. The smallest absolute Gasteiger partial charge is 0.0555 e. The molecule has 72 valence electrons. The summed E-state index contributed by atoms with van der Waals surface area (Å²) in [6.07, 6.45) is 3.02. The highest BCUT2D eigenvalue weighted by Crippen LogP contribution is 2.27. The van der Waals surface area contributed by atoms with Gasteiger partial charge in [-0.2, -0.15) is 0 Å². The van der Waals surface area contributed by atoms with E-state index in [9.17, 15) is 5.11 Å². The molecule has 0 amide bonds. The summed E-state index contributed by atoms with van der Waals surface area (Å²) in [5.41, 5.74) is 0.231. The predicted octanol–water partition coefficient (Wildman–Crippen LogP) is 1.63. The molecule has 0 aliphatic heterocycles. The standard InChI is InChI=1S/C10H21NO/c1-10(2,3)11(4)8-5-6-9(12)7-8/h8-9,12H,5-7H2,1-4H3. The molecule has 0 spiro atoms. The summed E-state index contributed by atoms with van der Waals surface area (Å²) in [5.74, 6) is 0. The van der Waals surface area contributed by atoms with E-state index in [4.69, 9.17) is 0 Å². The molecule has 12 heavy (non-hydrogen) atoms. The second-order valence-corrected chi connectivity index (χ2v) is 4.90. The van der Waals surface area contributed by atoms with Crippen LogP contribution in [0.3, 0.4) is 0 Å². The fourth-order valence-corrected chi connectivity index (χ4v) is 1.83. The van der Waals surface area contributed by atoms with E-state index >= 15 is 0 Å². The number of aliphatic hydroxyl groups excluding tert-OH is 1. The second-order valence-electron chi connectivity index (χ2n) is 4.90. The van der Waals surface area contributed by atoms with Gasteiger partial charge in [0, 0.05) is 11.6 Å². The van der Waals surface area contributed by atoms with Crippen LogP contribution in [0.15, 0.2) is 0 Å². The number of hydrogen-bond acceptors (Lipinski definition) is 2. The van der Waals surface area contributed by atoms with Gasteiger partial charge in [0.1, 0.15) is 0 Å². The lowest BCUT2D eigenvalue weighted by Crippen LogP contribution is -2.44. The third kappa shape index (κ3) is 2.20. The van der Waals surface area contributed by atoms with Crippen LogP contribution in [0.25, 0.3) is 0 Å². The van der Waals surface area contributed by atoms with Crippen LogP contribution in [-0.2, 0) is 0 Å². The summed E-state index contributed by atoms with van der Waals surface area (Å²) in [6, 6.07) is 0.583. The van der Waals surface area contributed by atoms with E-state index < -0.39 is 0 Å². The molecule has 0 saturated heterocycles. The van der Waals surface area contributed by atoms with Gasteiger partial charge in [0.25, 0.3) is 0 Å². The first kappa shape index (κ1) is 10.0. The number of hydrogen-bond donors (Lipinski definition) is 1. The van der Waals surface area contributed by atoms with E-state index in [1.54, 1.807) is 0 Å². The molecule has 0 radical (unpaired) electrons. The van der Waals surface area contributed by atoms with Crippen molar-refractivity contribution in [3.05, 3.63) is 0 Å². The molecule has 0 aromatic heterocycles. The molecule has 0 bridgehead atoms. The van der Waals surface area contributed by atoms with Crippen LogP contribution >= 0.6 is 0 Å². The molecule has 2 unspecified atom stereocenters. The molecule has 1 aliphatic carbocycles. The molecule has 0 aromatic carbocycles. The molecular formula is C10H21NO. The van der Waals surface area contributed by atoms with Gasteiger partial charge >= 0.3 is 0 Å². The van der Waals surface area contributed by atoms with Crippen molar-refractivity contribution in [1.82, 2.24) is 4.90 Å². The average Bonchev–Trinajstić information content (AvgIpc) is 2.32. The van der Waals surface area contributed by atoms with E-state index in [1.165, 1.54) is 0 Å². The SMILES string of the molecule is CN(C1CCC(O)C1)C(C)(C)C. The monoisotopic (exact) mass is 171 g/mol. The van der Waals surface area contributed by atoms with Crippen LogP contribution in [0, 0.1) is 0 Å². The zero-order chi connectivity index (χ0) is 9.35. The van der Waals surface area contributed by atoms with Gasteiger partial charge in [-0.15, -0.1) is 0 Å². The predicted molar refractivity (Wildman–Crippen MR) is 51.2 cm³/mol. The van der Waals surface area contributed by atoms with E-state index in [1.807, 2.05) is 0 Å². The highest BCUT2D eigenvalue weighted by atomic mass is 16.3. The molecule has 1 N–H and O–H groups in total. The van der Waals surface area contributed by atoms with Crippen molar-refractivity contribution in [2.24, 2.45) is 0 Å². The normalized spacial score (nSPS) is 31.5. The number of aliphatic hydroxyl groups is 1. The van der Waals surface area contributed by atoms with Crippen molar-refractivity contribution in [2.45, 2.75) is 57.7 Å². The van der Waals surface area contributed by atoms with Crippen molar-refractivity contribution >= 4 is 0 Å². The van der Waals surface area contributed by atoms with E-state index in [-0.39, 0.29) is 11.6 Å². The highest BCUT2D eigenvalue weighted by Gasteiger charge is 2.31. The summed E-state index contributed by atoms with van der Waals surface area (Å²) >= 11 is 0. The van der Waals surface area contributed by atoms with Crippen LogP contribution < -0.4 is 0 Å². The molecule has 2 atom stereocenters. The maximum Gasteiger partial charge on any atom is 0.0555 e. The van der Waals surface area contributed by atoms with Crippen molar-refractivity contribution in [3.63, 3.8) is 0 Å². The largest absolute Gasteiger partial charge is 0.393 e. The lowest BCUT2D eigenvalue weighted by Gasteiger charge is -2.36. The maximum absolute atomic E-state index is 9.39. The van der Waals surface area contributed by atoms with Crippen LogP contribution in [-0.4, -0.2) is 34.7 Å². The Hall–Kier alpha value is -0.0800. The Morgan fingerprint density at radius 3 is 2.17 bits per heavy atom. The lowest BCUT2D eigenvalue weighted by molar-refractivity contribution is 0.104. The molecular weight excluding hydrogens is 150 g/mol. The highest BCUT2D eigenvalue weighted by molar-refractivity contribution is 4.86. The number of rotatable bonds is 1. The quantitative estimate of drug-likeness (QED) is 0.648. The van der Waals surface area contributed by atoms with Gasteiger partial charge in [-0.25, -0.2) is 0 Å². The Morgan fingerprint density at radius 1 is 1.25 bits per heavy atom. The molecule has 2 nitrogen and oxygen atoms in total. The lowest BCUT2D eigenvalue weighted by atomic mass is 10.0. The van der Waals surface area contributed by atoms with Gasteiger partial charge in [-0.3, -0.25) is 4.90 Å². The molecule has 0 aromatic rings. The maximum atomic E-state index is 9.39. The van der Waals surface area contributed by atoms with Crippen molar-refractivity contribution in [1.29, 1.82) is 0 Å². The fraction of sp³-hybridized carbons (Fsp3) is 1.00. The zero-order valence-electron chi connectivity index (χ0n) is 8.67. The summed E-state index contributed by atoms with van der Waals surface area (Å²) in [5, 5.41) is 9.39. The molecule has 1 fully saturated rings. The second kappa shape index (κ2) is 3.35. The topological polar surface area (TPSA) is 23.5 Å². The Kier molecular flexibility index (Phi) is 2.79. The van der Waals surface area contributed by atoms with Crippen LogP contribution in [0.1, 0.15) is 40.0 Å². The van der Waals surface area contributed by atoms with Gasteiger partial charge in [-0.05, 0) is 47.1 Å². The van der Waals surface area contributed by atoms with Gasteiger partial charge in [0.05, 0.1) is 6.10 Å². The van der Waals surface area contributed by atoms with Gasteiger partial charge in [0.2, 0.25) is 0 Å². The van der Waals surface area contributed by atoms with Gasteiger partial charge in [-0.1, -0.05) is 0 Å². The molecule has 1 saturated carbocycles. The van der Waals surface area contributed by atoms with E-state index in [0.29, 0.717) is 6.04 Å². The third-order valence-electron chi connectivity index (χ3n) is 2.98. The Bertz CT molecular complexity index is 150. The van der Waals surface area contributed by atoms with Crippen molar-refractivity contribution < 1.29 is 5.11 Å². The van der Waals surface area contributed by atoms with E-state index in [0.717, 1.165) is 19.3 Å². The van der Waals surface area contributed by atoms with Gasteiger partial charge < -0.3 is 5.11 Å². The van der Waals surface area contributed by atoms with Crippen molar-refractivity contribution in [3.8, 4) is 0 Å². The minimum absolute atomic E-state index is 0.0557. The van der Waals surface area contributed by atoms with E-state index in [2.05, 4.69) is 32.7 Å².